The van der Waals surface area contributed by atoms with E-state index in [0.29, 0.717) is 31.2 Å². The normalized spacial score (nSPS) is 21.9. The molecule has 2 fully saturated rings. The van der Waals surface area contributed by atoms with Crippen molar-refractivity contribution < 1.29 is 9.47 Å². The zero-order valence-electron chi connectivity index (χ0n) is 18.0. The fourth-order valence-corrected chi connectivity index (χ4v) is 4.27. The molecule has 31 heavy (non-hydrogen) atoms. The van der Waals surface area contributed by atoms with Gasteiger partial charge in [0.05, 0.1) is 13.2 Å². The number of ether oxygens (including phenoxy) is 2. The molecule has 2 aliphatic rings. The number of aryl methyl sites for hydroxylation is 2. The Hall–Kier alpha value is -3.01. The van der Waals surface area contributed by atoms with E-state index in [9.17, 15) is 0 Å². The first-order valence-electron chi connectivity index (χ1n) is 10.9. The maximum absolute atomic E-state index is 6.33. The Kier molecular flexibility index (Phi) is 5.54. The number of nitrogens with zero attached hydrogens (tertiary/aromatic N) is 7. The molecule has 0 unspecified atom stereocenters. The summed E-state index contributed by atoms with van der Waals surface area (Å²) >= 11 is 0. The van der Waals surface area contributed by atoms with Crippen LogP contribution in [0.4, 0.5) is 11.8 Å². The van der Waals surface area contributed by atoms with Crippen molar-refractivity contribution in [2.45, 2.75) is 51.7 Å². The molecular weight excluding hydrogens is 396 g/mol. The van der Waals surface area contributed by atoms with Gasteiger partial charge in [-0.2, -0.15) is 14.6 Å². The number of fused-ring (bicyclic) bond motifs is 1. The number of rotatable bonds is 5. The molecule has 4 heterocycles. The van der Waals surface area contributed by atoms with Crippen molar-refractivity contribution >= 4 is 17.4 Å². The first kappa shape index (κ1) is 19.9. The van der Waals surface area contributed by atoms with Crippen LogP contribution >= 0.6 is 0 Å². The average Bonchev–Trinajstić information content (AvgIpc) is 3.24. The monoisotopic (exact) mass is 424 g/mol. The van der Waals surface area contributed by atoms with Gasteiger partial charge in [0.15, 0.2) is 5.65 Å². The van der Waals surface area contributed by atoms with Crippen molar-refractivity contribution in [2.24, 2.45) is 0 Å². The first-order valence-corrected chi connectivity index (χ1v) is 10.9. The molecular formula is C21H28N8O2. The molecule has 1 N–H and O–H groups in total. The van der Waals surface area contributed by atoms with Crippen molar-refractivity contribution in [1.82, 2.24) is 29.5 Å². The van der Waals surface area contributed by atoms with Crippen molar-refractivity contribution in [2.75, 3.05) is 36.5 Å². The van der Waals surface area contributed by atoms with Crippen LogP contribution in [0, 0.1) is 13.8 Å². The van der Waals surface area contributed by atoms with Gasteiger partial charge < -0.3 is 19.7 Å². The van der Waals surface area contributed by atoms with Crippen LogP contribution in [0.3, 0.4) is 0 Å². The Labute approximate surface area is 181 Å². The van der Waals surface area contributed by atoms with Gasteiger partial charge in [-0.1, -0.05) is 0 Å². The van der Waals surface area contributed by atoms with E-state index >= 15 is 0 Å². The Balaban J connectivity index is 1.25. The standard InChI is InChI=1S/C21H28N8O2/c1-14-11-15(2)25-20(24-14)26-16-3-5-17(6-4-16)31-21-27-19(28-7-9-30-10-8-28)12-18-22-13-23-29(18)21/h11-13,16-17H,3-10H2,1-2H3,(H,24,25,26)/t16-,17+. The topological polar surface area (TPSA) is 103 Å². The summed E-state index contributed by atoms with van der Waals surface area (Å²) in [5, 5.41) is 7.79. The molecule has 10 heteroatoms. The summed E-state index contributed by atoms with van der Waals surface area (Å²) in [7, 11) is 0. The lowest BCUT2D eigenvalue weighted by atomic mass is 9.93. The highest BCUT2D eigenvalue weighted by atomic mass is 16.5. The fraction of sp³-hybridized carbons (Fsp3) is 0.571. The highest BCUT2D eigenvalue weighted by molar-refractivity contribution is 5.52. The van der Waals surface area contributed by atoms with Crippen LogP contribution < -0.4 is 15.0 Å². The number of hydrogen-bond acceptors (Lipinski definition) is 9. The third-order valence-corrected chi connectivity index (χ3v) is 5.82. The number of morpholine rings is 1. The van der Waals surface area contributed by atoms with Crippen LogP contribution in [0.25, 0.3) is 5.65 Å². The van der Waals surface area contributed by atoms with Crippen molar-refractivity contribution in [1.29, 1.82) is 0 Å². The summed E-state index contributed by atoms with van der Waals surface area (Å²) in [5.74, 6) is 1.58. The van der Waals surface area contributed by atoms with Gasteiger partial charge in [0.25, 0.3) is 0 Å². The van der Waals surface area contributed by atoms with E-state index in [1.807, 2.05) is 26.0 Å². The summed E-state index contributed by atoms with van der Waals surface area (Å²) in [6.45, 7) is 7.02. The SMILES string of the molecule is Cc1cc(C)nc(N[C@H]2CC[C@@H](Oc3nc(N4CCOCC4)cc4ncnn34)CC2)n1. The van der Waals surface area contributed by atoms with Gasteiger partial charge in [-0.25, -0.2) is 15.0 Å². The predicted molar refractivity (Wildman–Crippen MR) is 116 cm³/mol. The number of aromatic nitrogens is 6. The molecule has 1 saturated heterocycles. The quantitative estimate of drug-likeness (QED) is 0.660. The van der Waals surface area contributed by atoms with E-state index in [2.05, 4.69) is 30.3 Å². The summed E-state index contributed by atoms with van der Waals surface area (Å²) in [5.41, 5.74) is 2.71. The van der Waals surface area contributed by atoms with E-state index in [1.54, 1.807) is 4.52 Å². The van der Waals surface area contributed by atoms with Crippen LogP contribution in [0.2, 0.25) is 0 Å². The summed E-state index contributed by atoms with van der Waals surface area (Å²) in [4.78, 5) is 20.3. The molecule has 0 spiro atoms. The third-order valence-electron chi connectivity index (χ3n) is 5.82. The zero-order valence-corrected chi connectivity index (χ0v) is 18.0. The van der Waals surface area contributed by atoms with Crippen LogP contribution in [-0.4, -0.2) is 68.0 Å². The minimum absolute atomic E-state index is 0.0954. The van der Waals surface area contributed by atoms with Crippen LogP contribution in [-0.2, 0) is 4.74 Å². The van der Waals surface area contributed by atoms with Crippen molar-refractivity contribution in [3.63, 3.8) is 0 Å². The van der Waals surface area contributed by atoms with Gasteiger partial charge in [0.2, 0.25) is 5.95 Å². The minimum Gasteiger partial charge on any atom is -0.460 e. The summed E-state index contributed by atoms with van der Waals surface area (Å²) in [6, 6.07) is 4.79. The Morgan fingerprint density at radius 1 is 1.00 bits per heavy atom. The second-order valence-corrected chi connectivity index (χ2v) is 8.24. The molecule has 10 nitrogen and oxygen atoms in total. The van der Waals surface area contributed by atoms with Crippen LogP contribution in [0.1, 0.15) is 37.1 Å². The van der Waals surface area contributed by atoms with Gasteiger partial charge in [0.1, 0.15) is 18.2 Å². The number of anilines is 2. The Morgan fingerprint density at radius 3 is 2.48 bits per heavy atom. The summed E-state index contributed by atoms with van der Waals surface area (Å²) < 4.78 is 13.5. The van der Waals surface area contributed by atoms with Crippen molar-refractivity contribution in [3.8, 4) is 6.01 Å². The summed E-state index contributed by atoms with van der Waals surface area (Å²) in [6.07, 6.45) is 5.48. The smallest absolute Gasteiger partial charge is 0.321 e. The van der Waals surface area contributed by atoms with Gasteiger partial charge >= 0.3 is 6.01 Å². The van der Waals surface area contributed by atoms with Gasteiger partial charge in [-0.3, -0.25) is 0 Å². The maximum atomic E-state index is 6.33. The number of nitrogens with one attached hydrogen (secondary N) is 1. The van der Waals surface area contributed by atoms with E-state index in [-0.39, 0.29) is 6.10 Å². The first-order chi connectivity index (χ1) is 15.1. The molecule has 0 amide bonds. The average molecular weight is 425 g/mol. The zero-order chi connectivity index (χ0) is 21.2. The van der Waals surface area contributed by atoms with E-state index in [4.69, 9.17) is 14.5 Å². The molecule has 3 aromatic heterocycles. The minimum atomic E-state index is 0.0954. The second kappa shape index (κ2) is 8.62. The Morgan fingerprint density at radius 2 is 1.74 bits per heavy atom. The molecule has 5 rings (SSSR count). The molecule has 0 atom stereocenters. The lowest BCUT2D eigenvalue weighted by molar-refractivity contribution is 0.121. The molecule has 1 aliphatic heterocycles. The van der Waals surface area contributed by atoms with E-state index < -0.39 is 0 Å². The molecule has 0 aromatic carbocycles. The lowest BCUT2D eigenvalue weighted by Gasteiger charge is -2.30. The van der Waals surface area contributed by atoms with Gasteiger partial charge in [-0.15, -0.1) is 0 Å². The lowest BCUT2D eigenvalue weighted by Crippen LogP contribution is -2.37. The molecule has 1 aliphatic carbocycles. The van der Waals surface area contributed by atoms with Crippen molar-refractivity contribution in [3.05, 3.63) is 29.8 Å². The Bertz CT molecular complexity index is 1020. The highest BCUT2D eigenvalue weighted by Gasteiger charge is 2.25. The fourth-order valence-electron chi connectivity index (χ4n) is 4.27. The maximum Gasteiger partial charge on any atom is 0.321 e. The predicted octanol–water partition coefficient (Wildman–Crippen LogP) is 2.17. The molecule has 0 radical (unpaired) electrons. The van der Waals surface area contributed by atoms with Gasteiger partial charge in [-0.05, 0) is 45.6 Å². The van der Waals surface area contributed by atoms with E-state index in [1.165, 1.54) is 6.33 Å². The highest BCUT2D eigenvalue weighted by Crippen LogP contribution is 2.26. The van der Waals surface area contributed by atoms with Crippen LogP contribution in [0.5, 0.6) is 6.01 Å². The van der Waals surface area contributed by atoms with Crippen LogP contribution in [0.15, 0.2) is 18.5 Å². The molecule has 1 saturated carbocycles. The number of hydrogen-bond donors (Lipinski definition) is 1. The third kappa shape index (κ3) is 4.53. The molecule has 0 bridgehead atoms. The molecule has 3 aromatic rings. The largest absolute Gasteiger partial charge is 0.460 e. The van der Waals surface area contributed by atoms with Gasteiger partial charge in [0, 0.05) is 36.6 Å². The second-order valence-electron chi connectivity index (χ2n) is 8.24. The molecule has 164 valence electrons. The van der Waals surface area contributed by atoms with E-state index in [0.717, 1.165) is 61.6 Å².